The van der Waals surface area contributed by atoms with Crippen molar-refractivity contribution in [2.45, 2.75) is 26.3 Å². The third-order valence-corrected chi connectivity index (χ3v) is 1.70. The van der Waals surface area contributed by atoms with Crippen molar-refractivity contribution in [1.82, 2.24) is 0 Å². The molecule has 0 fully saturated rings. The van der Waals surface area contributed by atoms with Crippen molar-refractivity contribution in [3.8, 4) is 5.75 Å². The predicted molar refractivity (Wildman–Crippen MR) is 58.1 cm³/mol. The van der Waals surface area contributed by atoms with Crippen molar-refractivity contribution >= 4 is 11.4 Å². The Bertz CT molecular complexity index is 383. The van der Waals surface area contributed by atoms with Gasteiger partial charge in [-0.3, -0.25) is 10.1 Å². The molecular weight excluding hydrogens is 196 g/mol. The van der Waals surface area contributed by atoms with Crippen LogP contribution in [0.15, 0.2) is 18.2 Å². The van der Waals surface area contributed by atoms with Gasteiger partial charge in [0.25, 0.3) is 5.69 Å². The van der Waals surface area contributed by atoms with Crippen LogP contribution in [0.5, 0.6) is 5.75 Å². The van der Waals surface area contributed by atoms with E-state index in [0.717, 1.165) is 6.07 Å². The largest absolute Gasteiger partial charge is 0.506 e. The van der Waals surface area contributed by atoms with E-state index in [1.165, 1.54) is 12.1 Å². The van der Waals surface area contributed by atoms with Crippen molar-refractivity contribution in [2.75, 3.05) is 5.32 Å². The fraction of sp³-hybridized carbons (Fsp3) is 0.400. The molecule has 1 rings (SSSR count). The zero-order valence-corrected chi connectivity index (χ0v) is 8.94. The maximum Gasteiger partial charge on any atom is 0.273 e. The summed E-state index contributed by atoms with van der Waals surface area (Å²) < 4.78 is 0. The van der Waals surface area contributed by atoms with Crippen LogP contribution >= 0.6 is 0 Å². The van der Waals surface area contributed by atoms with Crippen molar-refractivity contribution in [3.63, 3.8) is 0 Å². The minimum Gasteiger partial charge on any atom is -0.506 e. The molecule has 0 radical (unpaired) electrons. The van der Waals surface area contributed by atoms with Crippen LogP contribution < -0.4 is 5.32 Å². The average Bonchev–Trinajstić information content (AvgIpc) is 2.05. The Morgan fingerprint density at radius 2 is 2.00 bits per heavy atom. The molecule has 0 aromatic heterocycles. The first-order valence-electron chi connectivity index (χ1n) is 4.55. The SMILES string of the molecule is CC(C)(C)Nc1ccc([N+](=O)[O-])cc1O. The van der Waals surface area contributed by atoms with E-state index in [1.54, 1.807) is 0 Å². The monoisotopic (exact) mass is 210 g/mol. The van der Waals surface area contributed by atoms with Gasteiger partial charge in [-0.15, -0.1) is 0 Å². The molecule has 0 aliphatic heterocycles. The quantitative estimate of drug-likeness (QED) is 0.446. The van der Waals surface area contributed by atoms with E-state index < -0.39 is 4.92 Å². The topological polar surface area (TPSA) is 75.4 Å². The summed E-state index contributed by atoms with van der Waals surface area (Å²) in [6.45, 7) is 5.82. The molecule has 5 nitrogen and oxygen atoms in total. The first kappa shape index (κ1) is 11.3. The van der Waals surface area contributed by atoms with Gasteiger partial charge in [-0.2, -0.15) is 0 Å². The number of hydrogen-bond acceptors (Lipinski definition) is 4. The third kappa shape index (κ3) is 3.12. The lowest BCUT2D eigenvalue weighted by atomic mass is 10.1. The van der Waals surface area contributed by atoms with Crippen LogP contribution in [-0.4, -0.2) is 15.6 Å². The van der Waals surface area contributed by atoms with Crippen LogP contribution in [0.25, 0.3) is 0 Å². The molecule has 0 saturated heterocycles. The van der Waals surface area contributed by atoms with Gasteiger partial charge in [0.05, 0.1) is 16.7 Å². The lowest BCUT2D eigenvalue weighted by Gasteiger charge is -2.22. The van der Waals surface area contributed by atoms with Crippen LogP contribution in [0.4, 0.5) is 11.4 Å². The Morgan fingerprint density at radius 1 is 1.40 bits per heavy atom. The second kappa shape index (κ2) is 3.76. The standard InChI is InChI=1S/C10H14N2O3/c1-10(2,3)11-8-5-4-7(12(14)15)6-9(8)13/h4-6,11,13H,1-3H3. The number of nitro groups is 1. The molecule has 1 aromatic rings. The summed E-state index contributed by atoms with van der Waals surface area (Å²) in [4.78, 5) is 9.88. The van der Waals surface area contributed by atoms with Gasteiger partial charge in [0.1, 0.15) is 5.75 Å². The Balaban J connectivity index is 2.99. The molecule has 0 spiro atoms. The third-order valence-electron chi connectivity index (χ3n) is 1.70. The molecular formula is C10H14N2O3. The molecule has 82 valence electrons. The normalized spacial score (nSPS) is 11.1. The molecule has 0 atom stereocenters. The number of aromatic hydroxyl groups is 1. The van der Waals surface area contributed by atoms with Crippen LogP contribution in [0.2, 0.25) is 0 Å². The number of nitro benzene ring substituents is 1. The molecule has 0 saturated carbocycles. The summed E-state index contributed by atoms with van der Waals surface area (Å²) in [5, 5.41) is 23.0. The van der Waals surface area contributed by atoms with Gasteiger partial charge in [0.2, 0.25) is 0 Å². The summed E-state index contributed by atoms with van der Waals surface area (Å²) in [5.41, 5.74) is 0.174. The fourth-order valence-corrected chi connectivity index (χ4v) is 1.14. The van der Waals surface area contributed by atoms with Gasteiger partial charge in [0.15, 0.2) is 0 Å². The van der Waals surface area contributed by atoms with Crippen molar-refractivity contribution in [1.29, 1.82) is 0 Å². The number of phenols is 1. The number of nitrogens with zero attached hydrogens (tertiary/aromatic N) is 1. The van der Waals surface area contributed by atoms with Crippen LogP contribution in [-0.2, 0) is 0 Å². The molecule has 0 aliphatic rings. The Labute approximate surface area is 87.9 Å². The van der Waals surface area contributed by atoms with Crippen LogP contribution in [0.1, 0.15) is 20.8 Å². The van der Waals surface area contributed by atoms with E-state index in [2.05, 4.69) is 5.32 Å². The van der Waals surface area contributed by atoms with E-state index in [4.69, 9.17) is 0 Å². The first-order valence-corrected chi connectivity index (χ1v) is 4.55. The lowest BCUT2D eigenvalue weighted by Crippen LogP contribution is -2.26. The minimum atomic E-state index is -0.541. The maximum absolute atomic E-state index is 10.4. The highest BCUT2D eigenvalue weighted by Crippen LogP contribution is 2.29. The molecule has 2 N–H and O–H groups in total. The molecule has 0 unspecified atom stereocenters. The van der Waals surface area contributed by atoms with Gasteiger partial charge in [-0.25, -0.2) is 0 Å². The molecule has 0 amide bonds. The van der Waals surface area contributed by atoms with E-state index >= 15 is 0 Å². The first-order chi connectivity index (χ1) is 6.79. The number of hydrogen-bond donors (Lipinski definition) is 2. The Morgan fingerprint density at radius 3 is 2.40 bits per heavy atom. The van der Waals surface area contributed by atoms with E-state index in [1.807, 2.05) is 20.8 Å². The number of rotatable bonds is 2. The second-order valence-electron chi connectivity index (χ2n) is 4.33. The number of benzene rings is 1. The van der Waals surface area contributed by atoms with Crippen molar-refractivity contribution < 1.29 is 10.0 Å². The summed E-state index contributed by atoms with van der Waals surface area (Å²) in [5.74, 6) is -0.112. The smallest absolute Gasteiger partial charge is 0.273 e. The van der Waals surface area contributed by atoms with Gasteiger partial charge >= 0.3 is 0 Å². The number of anilines is 1. The summed E-state index contributed by atoms with van der Waals surface area (Å²) >= 11 is 0. The number of phenolic OH excluding ortho intramolecular Hbond substituents is 1. The van der Waals surface area contributed by atoms with Crippen molar-refractivity contribution in [2.24, 2.45) is 0 Å². The molecule has 0 aliphatic carbocycles. The Kier molecular flexibility index (Phi) is 2.83. The molecule has 0 bridgehead atoms. The highest BCUT2D eigenvalue weighted by atomic mass is 16.6. The van der Waals surface area contributed by atoms with Gasteiger partial charge in [-0.05, 0) is 26.8 Å². The van der Waals surface area contributed by atoms with Crippen LogP contribution in [0.3, 0.4) is 0 Å². The molecule has 0 heterocycles. The Hall–Kier alpha value is -1.78. The lowest BCUT2D eigenvalue weighted by molar-refractivity contribution is -0.384. The highest BCUT2D eigenvalue weighted by molar-refractivity contribution is 5.60. The van der Waals surface area contributed by atoms with E-state index in [9.17, 15) is 15.2 Å². The highest BCUT2D eigenvalue weighted by Gasteiger charge is 2.14. The predicted octanol–water partition coefficient (Wildman–Crippen LogP) is 2.51. The number of nitrogens with one attached hydrogen (secondary N) is 1. The minimum absolute atomic E-state index is 0.112. The summed E-state index contributed by atoms with van der Waals surface area (Å²) in [7, 11) is 0. The van der Waals surface area contributed by atoms with Gasteiger partial charge in [0, 0.05) is 11.6 Å². The maximum atomic E-state index is 10.4. The summed E-state index contributed by atoms with van der Waals surface area (Å²) in [6.07, 6.45) is 0. The van der Waals surface area contributed by atoms with Crippen molar-refractivity contribution in [3.05, 3.63) is 28.3 Å². The average molecular weight is 210 g/mol. The van der Waals surface area contributed by atoms with Gasteiger partial charge in [-0.1, -0.05) is 0 Å². The van der Waals surface area contributed by atoms with Crippen LogP contribution in [0, 0.1) is 10.1 Å². The van der Waals surface area contributed by atoms with E-state index in [-0.39, 0.29) is 17.0 Å². The molecule has 5 heteroatoms. The zero-order chi connectivity index (χ0) is 11.6. The van der Waals surface area contributed by atoms with Gasteiger partial charge < -0.3 is 10.4 Å². The molecule has 1 aromatic carbocycles. The second-order valence-corrected chi connectivity index (χ2v) is 4.33. The zero-order valence-electron chi connectivity index (χ0n) is 8.94. The van der Waals surface area contributed by atoms with E-state index in [0.29, 0.717) is 5.69 Å². The summed E-state index contributed by atoms with van der Waals surface area (Å²) in [6, 6.07) is 3.99. The number of non-ortho nitro benzene ring substituents is 1. The fourth-order valence-electron chi connectivity index (χ4n) is 1.14. The molecule has 15 heavy (non-hydrogen) atoms.